The smallest absolute Gasteiger partial charge is 0.325 e. The second-order valence-electron chi connectivity index (χ2n) is 5.32. The number of halogens is 1. The van der Waals surface area contributed by atoms with Gasteiger partial charge in [0.15, 0.2) is 6.61 Å². The fraction of sp³-hybridized carbons (Fsp3) is 0.375. The summed E-state index contributed by atoms with van der Waals surface area (Å²) in [6, 6.07) is 5.25. The molecule has 3 N–H and O–H groups in total. The summed E-state index contributed by atoms with van der Waals surface area (Å²) in [5.74, 6) is -3.39. The maximum atomic E-state index is 13.4. The highest BCUT2D eigenvalue weighted by molar-refractivity contribution is 5.96. The summed E-state index contributed by atoms with van der Waals surface area (Å²) in [6.45, 7) is 2.20. The van der Waals surface area contributed by atoms with Crippen molar-refractivity contribution in [3.63, 3.8) is 0 Å². The second-order valence-corrected chi connectivity index (χ2v) is 5.32. The van der Waals surface area contributed by atoms with E-state index >= 15 is 0 Å². The first kappa shape index (κ1) is 20.1. The van der Waals surface area contributed by atoms with E-state index in [4.69, 9.17) is 0 Å². The minimum atomic E-state index is -0.869. The molecule has 1 rings (SSSR count). The monoisotopic (exact) mass is 353 g/mol. The van der Waals surface area contributed by atoms with Crippen LogP contribution in [0.25, 0.3) is 0 Å². The zero-order chi connectivity index (χ0) is 18.8. The van der Waals surface area contributed by atoms with Crippen LogP contribution in [0.4, 0.5) is 4.39 Å². The first-order chi connectivity index (χ1) is 11.8. The third-order valence-corrected chi connectivity index (χ3v) is 2.77. The Hall–Kier alpha value is -2.97. The van der Waals surface area contributed by atoms with E-state index in [9.17, 15) is 23.6 Å². The van der Waals surface area contributed by atoms with Gasteiger partial charge in [0.25, 0.3) is 11.8 Å². The first-order valence-corrected chi connectivity index (χ1v) is 7.54. The molecule has 0 radical (unpaired) electrons. The van der Waals surface area contributed by atoms with Crippen molar-refractivity contribution in [2.45, 2.75) is 19.9 Å². The molecule has 0 heterocycles. The van der Waals surface area contributed by atoms with Crippen LogP contribution < -0.4 is 16.0 Å². The number of hydrogen-bond acceptors (Lipinski definition) is 5. The van der Waals surface area contributed by atoms with Crippen molar-refractivity contribution in [2.75, 3.05) is 19.7 Å². The number of benzene rings is 1. The maximum absolute atomic E-state index is 13.4. The highest BCUT2D eigenvalue weighted by Crippen LogP contribution is 2.05. The highest BCUT2D eigenvalue weighted by Gasteiger charge is 2.14. The molecule has 0 spiro atoms. The van der Waals surface area contributed by atoms with Gasteiger partial charge in [0.05, 0.1) is 12.1 Å². The van der Waals surface area contributed by atoms with Gasteiger partial charge in [0, 0.05) is 6.04 Å². The third-order valence-electron chi connectivity index (χ3n) is 2.77. The lowest BCUT2D eigenvalue weighted by Crippen LogP contribution is -2.41. The first-order valence-electron chi connectivity index (χ1n) is 7.54. The van der Waals surface area contributed by atoms with Crippen LogP contribution >= 0.6 is 0 Å². The molecular weight excluding hydrogens is 333 g/mol. The van der Waals surface area contributed by atoms with Crippen LogP contribution in [0.2, 0.25) is 0 Å². The molecule has 3 amide bonds. The molecule has 0 aliphatic rings. The third kappa shape index (κ3) is 7.91. The average Bonchev–Trinajstić information content (AvgIpc) is 2.55. The molecule has 0 aromatic heterocycles. The predicted molar refractivity (Wildman–Crippen MR) is 86.0 cm³/mol. The van der Waals surface area contributed by atoms with E-state index in [2.05, 4.69) is 20.7 Å². The van der Waals surface area contributed by atoms with Gasteiger partial charge in [-0.2, -0.15) is 0 Å². The van der Waals surface area contributed by atoms with E-state index in [0.29, 0.717) is 0 Å². The Bertz CT molecular complexity index is 648. The summed E-state index contributed by atoms with van der Waals surface area (Å²) in [4.78, 5) is 45.9. The van der Waals surface area contributed by atoms with Crippen molar-refractivity contribution in [3.05, 3.63) is 35.6 Å². The van der Waals surface area contributed by atoms with Crippen LogP contribution in [-0.4, -0.2) is 49.4 Å². The molecule has 8 nitrogen and oxygen atoms in total. The minimum Gasteiger partial charge on any atom is -0.454 e. The lowest BCUT2D eigenvalue weighted by Gasteiger charge is -2.10. The van der Waals surface area contributed by atoms with Crippen LogP contribution in [0, 0.1) is 5.82 Å². The summed E-state index contributed by atoms with van der Waals surface area (Å²) in [7, 11) is 0. The van der Waals surface area contributed by atoms with Gasteiger partial charge in [-0.25, -0.2) is 4.39 Å². The van der Waals surface area contributed by atoms with Crippen molar-refractivity contribution in [3.8, 4) is 0 Å². The molecule has 0 aliphatic carbocycles. The number of nitrogens with one attached hydrogen (secondary N) is 3. The lowest BCUT2D eigenvalue weighted by atomic mass is 10.2. The molecule has 1 aromatic rings. The number of rotatable bonds is 8. The topological polar surface area (TPSA) is 114 Å². The summed E-state index contributed by atoms with van der Waals surface area (Å²) in [6.07, 6.45) is 0. The van der Waals surface area contributed by atoms with E-state index in [1.54, 1.807) is 13.8 Å². The summed E-state index contributed by atoms with van der Waals surface area (Å²) >= 11 is 0. The Balaban J connectivity index is 2.26. The van der Waals surface area contributed by atoms with Crippen molar-refractivity contribution in [1.82, 2.24) is 16.0 Å². The van der Waals surface area contributed by atoms with Crippen LogP contribution in [0.1, 0.15) is 24.2 Å². The zero-order valence-electron chi connectivity index (χ0n) is 13.9. The molecule has 0 aliphatic heterocycles. The van der Waals surface area contributed by atoms with E-state index in [0.717, 1.165) is 6.07 Å². The van der Waals surface area contributed by atoms with Gasteiger partial charge < -0.3 is 20.7 Å². The van der Waals surface area contributed by atoms with E-state index in [1.807, 2.05) is 0 Å². The van der Waals surface area contributed by atoms with Gasteiger partial charge in [-0.1, -0.05) is 12.1 Å². The Morgan fingerprint density at radius 2 is 1.72 bits per heavy atom. The van der Waals surface area contributed by atoms with E-state index in [-0.39, 0.29) is 24.1 Å². The van der Waals surface area contributed by atoms with E-state index in [1.165, 1.54) is 18.2 Å². The SMILES string of the molecule is CC(C)NC(=O)CNC(=O)COC(=O)CNC(=O)c1ccccc1F. The number of carbonyl (C=O) groups excluding carboxylic acids is 4. The molecule has 0 fully saturated rings. The lowest BCUT2D eigenvalue weighted by molar-refractivity contribution is -0.147. The van der Waals surface area contributed by atoms with Gasteiger partial charge in [0.1, 0.15) is 12.4 Å². The Kier molecular flexibility index (Phi) is 8.04. The van der Waals surface area contributed by atoms with Gasteiger partial charge in [-0.05, 0) is 26.0 Å². The standard InChI is InChI=1S/C16H20FN3O5/c1-10(2)20-13(21)7-18-14(22)9-25-15(23)8-19-16(24)11-5-3-4-6-12(11)17/h3-6,10H,7-9H2,1-2H3,(H,18,22)(H,19,24)(H,20,21). The Morgan fingerprint density at radius 1 is 1.04 bits per heavy atom. The normalized spacial score (nSPS) is 10.1. The summed E-state index contributed by atoms with van der Waals surface area (Å²) < 4.78 is 18.0. The number of esters is 1. The minimum absolute atomic E-state index is 0.0553. The van der Waals surface area contributed by atoms with Gasteiger partial charge >= 0.3 is 5.97 Å². The molecule has 25 heavy (non-hydrogen) atoms. The molecule has 0 bridgehead atoms. The zero-order valence-corrected chi connectivity index (χ0v) is 13.9. The number of ether oxygens (including phenoxy) is 1. The highest BCUT2D eigenvalue weighted by atomic mass is 19.1. The largest absolute Gasteiger partial charge is 0.454 e. The summed E-state index contributed by atoms with van der Waals surface area (Å²) in [5, 5.41) is 7.04. The van der Waals surface area contributed by atoms with Crippen LogP contribution in [-0.2, 0) is 19.1 Å². The van der Waals surface area contributed by atoms with Gasteiger partial charge in [-0.3, -0.25) is 19.2 Å². The average molecular weight is 353 g/mol. The molecule has 0 saturated heterocycles. The fourth-order valence-corrected chi connectivity index (χ4v) is 1.69. The second kappa shape index (κ2) is 10.0. The molecule has 0 unspecified atom stereocenters. The number of amides is 3. The summed E-state index contributed by atoms with van der Waals surface area (Å²) in [5.41, 5.74) is -0.204. The Morgan fingerprint density at radius 3 is 2.36 bits per heavy atom. The molecule has 0 atom stereocenters. The van der Waals surface area contributed by atoms with Crippen LogP contribution in [0.3, 0.4) is 0 Å². The molecule has 0 saturated carbocycles. The fourth-order valence-electron chi connectivity index (χ4n) is 1.69. The van der Waals surface area contributed by atoms with Crippen molar-refractivity contribution in [2.24, 2.45) is 0 Å². The van der Waals surface area contributed by atoms with Gasteiger partial charge in [-0.15, -0.1) is 0 Å². The van der Waals surface area contributed by atoms with Crippen LogP contribution in [0.5, 0.6) is 0 Å². The Labute approximate surface area is 144 Å². The van der Waals surface area contributed by atoms with Crippen LogP contribution in [0.15, 0.2) is 24.3 Å². The molecular formula is C16H20FN3O5. The number of hydrogen-bond donors (Lipinski definition) is 3. The maximum Gasteiger partial charge on any atom is 0.325 e. The van der Waals surface area contributed by atoms with Gasteiger partial charge in [0.2, 0.25) is 5.91 Å². The predicted octanol–water partition coefficient (Wildman–Crippen LogP) is -0.260. The van der Waals surface area contributed by atoms with Crippen molar-refractivity contribution in [1.29, 1.82) is 0 Å². The van der Waals surface area contributed by atoms with Crippen molar-refractivity contribution >= 4 is 23.7 Å². The molecule has 1 aromatic carbocycles. The van der Waals surface area contributed by atoms with Crippen molar-refractivity contribution < 1.29 is 28.3 Å². The number of carbonyl (C=O) groups is 4. The molecule has 136 valence electrons. The van der Waals surface area contributed by atoms with E-state index < -0.39 is 36.8 Å². The molecule has 9 heteroatoms. The quantitative estimate of drug-likeness (QED) is 0.557.